The molecule has 1 atom stereocenters. The van der Waals surface area contributed by atoms with E-state index >= 15 is 0 Å². The van der Waals surface area contributed by atoms with Gasteiger partial charge in [-0.25, -0.2) is 13.1 Å². The van der Waals surface area contributed by atoms with Crippen molar-refractivity contribution in [2.75, 3.05) is 0 Å². The van der Waals surface area contributed by atoms with Crippen molar-refractivity contribution < 1.29 is 13.2 Å². The van der Waals surface area contributed by atoms with Crippen molar-refractivity contribution >= 4 is 27.7 Å². The molecule has 0 unspecified atom stereocenters. The highest BCUT2D eigenvalue weighted by Crippen LogP contribution is 2.21. The van der Waals surface area contributed by atoms with Crippen LogP contribution >= 0.6 is 11.8 Å². The van der Waals surface area contributed by atoms with Gasteiger partial charge in [0.25, 0.3) is 10.0 Å². The SMILES string of the molecule is Cc1ccc(S(=O)(=O)NC(=O)[C@H](C)Sc2nncn2C)c(C)c1. The van der Waals surface area contributed by atoms with Gasteiger partial charge in [-0.2, -0.15) is 0 Å². The third-order valence-electron chi connectivity index (χ3n) is 3.18. The third kappa shape index (κ3) is 4.11. The smallest absolute Gasteiger partial charge is 0.264 e. The molecular weight excluding hydrogens is 336 g/mol. The number of aryl methyl sites for hydroxylation is 3. The Morgan fingerprint density at radius 3 is 2.61 bits per heavy atom. The lowest BCUT2D eigenvalue weighted by Crippen LogP contribution is -2.36. The van der Waals surface area contributed by atoms with Gasteiger partial charge >= 0.3 is 0 Å². The van der Waals surface area contributed by atoms with Crippen LogP contribution in [-0.2, 0) is 21.9 Å². The molecule has 7 nitrogen and oxygen atoms in total. The zero-order valence-electron chi connectivity index (χ0n) is 13.3. The number of benzene rings is 1. The number of hydrogen-bond acceptors (Lipinski definition) is 6. The predicted octanol–water partition coefficient (Wildman–Crippen LogP) is 1.42. The molecule has 0 spiro atoms. The van der Waals surface area contributed by atoms with Crippen molar-refractivity contribution in [3.63, 3.8) is 0 Å². The van der Waals surface area contributed by atoms with Crippen molar-refractivity contribution in [3.05, 3.63) is 35.7 Å². The van der Waals surface area contributed by atoms with Gasteiger partial charge in [0.15, 0.2) is 5.16 Å². The number of nitrogens with zero attached hydrogens (tertiary/aromatic N) is 3. The van der Waals surface area contributed by atoms with Crippen molar-refractivity contribution in [1.29, 1.82) is 0 Å². The van der Waals surface area contributed by atoms with Gasteiger partial charge in [0, 0.05) is 7.05 Å². The van der Waals surface area contributed by atoms with Crippen LogP contribution in [0.5, 0.6) is 0 Å². The molecule has 1 N–H and O–H groups in total. The molecule has 0 radical (unpaired) electrons. The monoisotopic (exact) mass is 354 g/mol. The molecule has 0 fully saturated rings. The van der Waals surface area contributed by atoms with E-state index in [1.807, 2.05) is 6.92 Å². The van der Waals surface area contributed by atoms with Crippen LogP contribution in [0.25, 0.3) is 0 Å². The molecule has 0 aliphatic rings. The molecule has 2 rings (SSSR count). The molecule has 0 saturated heterocycles. The number of carbonyl (C=O) groups is 1. The summed E-state index contributed by atoms with van der Waals surface area (Å²) in [5.74, 6) is -0.599. The van der Waals surface area contributed by atoms with Crippen LogP contribution in [0.3, 0.4) is 0 Å². The van der Waals surface area contributed by atoms with E-state index in [4.69, 9.17) is 0 Å². The summed E-state index contributed by atoms with van der Waals surface area (Å²) in [5.41, 5.74) is 1.55. The standard InChI is InChI=1S/C14H18N4O3S2/c1-9-5-6-12(10(2)7-9)23(20,21)17-13(19)11(3)22-14-16-15-8-18(14)4/h5-8,11H,1-4H3,(H,17,19)/t11-/m0/s1. The summed E-state index contributed by atoms with van der Waals surface area (Å²) in [6, 6.07) is 4.96. The second-order valence-electron chi connectivity index (χ2n) is 5.22. The molecule has 9 heteroatoms. The summed E-state index contributed by atoms with van der Waals surface area (Å²) in [4.78, 5) is 12.3. The minimum atomic E-state index is -3.90. The first-order chi connectivity index (χ1) is 10.7. The fourth-order valence-corrected chi connectivity index (χ4v) is 4.11. The van der Waals surface area contributed by atoms with Gasteiger partial charge in [0.1, 0.15) is 6.33 Å². The van der Waals surface area contributed by atoms with Crippen LogP contribution in [0.4, 0.5) is 0 Å². The van der Waals surface area contributed by atoms with E-state index in [0.717, 1.165) is 17.3 Å². The van der Waals surface area contributed by atoms with Gasteiger partial charge in [-0.3, -0.25) is 4.79 Å². The van der Waals surface area contributed by atoms with E-state index in [0.29, 0.717) is 10.7 Å². The van der Waals surface area contributed by atoms with Crippen LogP contribution in [0.1, 0.15) is 18.1 Å². The average Bonchev–Trinajstić information content (AvgIpc) is 2.83. The maximum Gasteiger partial charge on any atom is 0.264 e. The highest BCUT2D eigenvalue weighted by atomic mass is 32.2. The number of nitrogens with one attached hydrogen (secondary N) is 1. The maximum atomic E-state index is 12.4. The van der Waals surface area contributed by atoms with Gasteiger partial charge in [-0.1, -0.05) is 29.5 Å². The molecule has 0 aliphatic heterocycles. The normalized spacial score (nSPS) is 12.9. The van der Waals surface area contributed by atoms with Gasteiger partial charge in [-0.05, 0) is 32.4 Å². The minimum Gasteiger partial charge on any atom is -0.312 e. The summed E-state index contributed by atoms with van der Waals surface area (Å²) in [6.07, 6.45) is 1.51. The molecule has 0 aliphatic carbocycles. The van der Waals surface area contributed by atoms with Crippen LogP contribution in [-0.4, -0.2) is 34.3 Å². The molecule has 1 heterocycles. The number of sulfonamides is 1. The summed E-state index contributed by atoms with van der Waals surface area (Å²) in [7, 11) is -2.15. The number of rotatable bonds is 5. The third-order valence-corrected chi connectivity index (χ3v) is 5.83. The van der Waals surface area contributed by atoms with Crippen LogP contribution in [0, 0.1) is 13.8 Å². The highest BCUT2D eigenvalue weighted by Gasteiger charge is 2.24. The van der Waals surface area contributed by atoms with Gasteiger partial charge in [0.2, 0.25) is 5.91 Å². The van der Waals surface area contributed by atoms with Crippen molar-refractivity contribution in [3.8, 4) is 0 Å². The van der Waals surface area contributed by atoms with E-state index in [2.05, 4.69) is 14.9 Å². The molecule has 1 aromatic carbocycles. The second-order valence-corrected chi connectivity index (χ2v) is 8.18. The van der Waals surface area contributed by atoms with E-state index in [1.165, 1.54) is 12.4 Å². The topological polar surface area (TPSA) is 93.9 Å². The van der Waals surface area contributed by atoms with Crippen LogP contribution in [0.2, 0.25) is 0 Å². The molecule has 0 bridgehead atoms. The Bertz CT molecular complexity index is 830. The maximum absolute atomic E-state index is 12.4. The Labute approximate surface area is 139 Å². The zero-order chi connectivity index (χ0) is 17.2. The first-order valence-corrected chi connectivity index (χ1v) is 9.21. The molecule has 23 heavy (non-hydrogen) atoms. The van der Waals surface area contributed by atoms with Crippen molar-refractivity contribution in [2.24, 2.45) is 7.05 Å². The van der Waals surface area contributed by atoms with Crippen molar-refractivity contribution in [1.82, 2.24) is 19.5 Å². The van der Waals surface area contributed by atoms with Gasteiger partial charge in [0.05, 0.1) is 10.1 Å². The van der Waals surface area contributed by atoms with E-state index in [1.54, 1.807) is 37.6 Å². The average molecular weight is 354 g/mol. The fraction of sp³-hybridized carbons (Fsp3) is 0.357. The molecule has 0 saturated carbocycles. The number of thioether (sulfide) groups is 1. The summed E-state index contributed by atoms with van der Waals surface area (Å²) < 4.78 is 28.5. The molecular formula is C14H18N4O3S2. The van der Waals surface area contributed by atoms with Crippen LogP contribution < -0.4 is 4.72 Å². The number of carbonyl (C=O) groups excluding carboxylic acids is 1. The Kier molecular flexibility index (Phi) is 5.10. The number of amides is 1. The van der Waals surface area contributed by atoms with Crippen molar-refractivity contribution in [2.45, 2.75) is 36.1 Å². The zero-order valence-corrected chi connectivity index (χ0v) is 14.9. The fourth-order valence-electron chi connectivity index (χ4n) is 1.96. The Balaban J connectivity index is 2.13. The Morgan fingerprint density at radius 2 is 2.04 bits per heavy atom. The predicted molar refractivity (Wildman–Crippen MR) is 87.6 cm³/mol. The van der Waals surface area contributed by atoms with E-state index in [9.17, 15) is 13.2 Å². The molecule has 1 amide bonds. The molecule has 124 valence electrons. The molecule has 1 aromatic heterocycles. The van der Waals surface area contributed by atoms with Gasteiger partial charge in [-0.15, -0.1) is 10.2 Å². The summed E-state index contributed by atoms with van der Waals surface area (Å²) in [5, 5.41) is 7.49. The van der Waals surface area contributed by atoms with E-state index in [-0.39, 0.29) is 4.90 Å². The molecule has 2 aromatic rings. The lowest BCUT2D eigenvalue weighted by Gasteiger charge is -2.13. The summed E-state index contributed by atoms with van der Waals surface area (Å²) in [6.45, 7) is 5.19. The van der Waals surface area contributed by atoms with Crippen LogP contribution in [0.15, 0.2) is 34.6 Å². The number of aromatic nitrogens is 3. The van der Waals surface area contributed by atoms with Gasteiger partial charge < -0.3 is 4.57 Å². The first kappa shape index (κ1) is 17.5. The number of hydrogen-bond donors (Lipinski definition) is 1. The highest BCUT2D eigenvalue weighted by molar-refractivity contribution is 8.00. The lowest BCUT2D eigenvalue weighted by molar-refractivity contribution is -0.118. The van der Waals surface area contributed by atoms with E-state index < -0.39 is 21.2 Å². The largest absolute Gasteiger partial charge is 0.312 e. The quantitative estimate of drug-likeness (QED) is 0.816. The Hall–Kier alpha value is -1.87. The Morgan fingerprint density at radius 1 is 1.35 bits per heavy atom. The minimum absolute atomic E-state index is 0.104. The summed E-state index contributed by atoms with van der Waals surface area (Å²) >= 11 is 1.14. The lowest BCUT2D eigenvalue weighted by atomic mass is 10.2. The second kappa shape index (κ2) is 6.71. The first-order valence-electron chi connectivity index (χ1n) is 6.85.